The molecule has 1 aliphatic rings. The smallest absolute Gasteiger partial charge is 0.325 e. The van der Waals surface area contributed by atoms with E-state index in [1.54, 1.807) is 0 Å². The van der Waals surface area contributed by atoms with Crippen molar-refractivity contribution in [3.8, 4) is 0 Å². The zero-order chi connectivity index (χ0) is 19.6. The van der Waals surface area contributed by atoms with Crippen molar-refractivity contribution in [3.63, 3.8) is 0 Å². The van der Waals surface area contributed by atoms with Crippen LogP contribution in [-0.4, -0.2) is 34.8 Å². The number of nitrogens with one attached hydrogen (secondary N) is 2. The maximum absolute atomic E-state index is 12.6. The first-order chi connectivity index (χ1) is 12.7. The lowest BCUT2D eigenvalue weighted by atomic mass is 10.2. The Morgan fingerprint density at radius 3 is 2.56 bits per heavy atom. The normalized spacial score (nSPS) is 14.5. The van der Waals surface area contributed by atoms with E-state index in [2.05, 4.69) is 15.6 Å². The van der Waals surface area contributed by atoms with Crippen molar-refractivity contribution >= 4 is 34.0 Å². The number of aromatic nitrogens is 1. The van der Waals surface area contributed by atoms with E-state index in [9.17, 15) is 22.8 Å². The van der Waals surface area contributed by atoms with Crippen molar-refractivity contribution in [2.45, 2.75) is 26.1 Å². The highest BCUT2D eigenvalue weighted by Gasteiger charge is 2.30. The molecule has 0 bridgehead atoms. The Hall–Kier alpha value is -2.46. The van der Waals surface area contributed by atoms with E-state index in [1.165, 1.54) is 30.4 Å². The van der Waals surface area contributed by atoms with E-state index in [0.29, 0.717) is 30.3 Å². The molecule has 2 N–H and O–H groups in total. The summed E-state index contributed by atoms with van der Waals surface area (Å²) in [5, 5.41) is 5.81. The number of benzene rings is 1. The Balaban J connectivity index is 1.56. The summed E-state index contributed by atoms with van der Waals surface area (Å²) in [5.74, 6) is -0.487. The van der Waals surface area contributed by atoms with E-state index >= 15 is 0 Å². The van der Waals surface area contributed by atoms with E-state index in [0.717, 1.165) is 22.7 Å². The predicted molar refractivity (Wildman–Crippen MR) is 95.5 cm³/mol. The Labute approximate surface area is 157 Å². The number of alkyl halides is 3. The predicted octanol–water partition coefficient (Wildman–Crippen LogP) is 3.12. The van der Waals surface area contributed by atoms with E-state index < -0.39 is 11.7 Å². The molecule has 0 spiro atoms. The zero-order valence-corrected chi connectivity index (χ0v) is 15.2. The first-order valence-corrected chi connectivity index (χ1v) is 8.98. The minimum absolute atomic E-state index is 0.119. The van der Waals surface area contributed by atoms with Crippen molar-refractivity contribution in [3.05, 3.63) is 40.4 Å². The van der Waals surface area contributed by atoms with Crippen molar-refractivity contribution in [1.82, 2.24) is 9.88 Å². The van der Waals surface area contributed by atoms with Gasteiger partial charge in [0.2, 0.25) is 11.8 Å². The quantitative estimate of drug-likeness (QED) is 0.830. The molecule has 2 heterocycles. The Morgan fingerprint density at radius 1 is 1.22 bits per heavy atom. The van der Waals surface area contributed by atoms with Gasteiger partial charge in [-0.25, -0.2) is 4.98 Å². The Kier molecular flexibility index (Phi) is 5.47. The van der Waals surface area contributed by atoms with E-state index in [4.69, 9.17) is 0 Å². The van der Waals surface area contributed by atoms with Gasteiger partial charge in [0.25, 0.3) is 0 Å². The van der Waals surface area contributed by atoms with Crippen LogP contribution in [0, 0.1) is 0 Å². The van der Waals surface area contributed by atoms with Crippen LogP contribution in [0.3, 0.4) is 0 Å². The molecule has 0 saturated carbocycles. The Morgan fingerprint density at radius 2 is 1.93 bits per heavy atom. The second kappa shape index (κ2) is 7.65. The number of halogens is 3. The van der Waals surface area contributed by atoms with Gasteiger partial charge >= 0.3 is 6.18 Å². The molecule has 2 aromatic rings. The molecule has 144 valence electrons. The molecule has 27 heavy (non-hydrogen) atoms. The third kappa shape index (κ3) is 5.04. The van der Waals surface area contributed by atoms with Crippen LogP contribution >= 0.6 is 11.3 Å². The largest absolute Gasteiger partial charge is 0.416 e. The third-order valence-corrected chi connectivity index (χ3v) is 4.95. The minimum Gasteiger partial charge on any atom is -0.325 e. The lowest BCUT2D eigenvalue weighted by Crippen LogP contribution is -2.36. The number of carbonyl (C=O) groups is 2. The molecule has 0 unspecified atom stereocenters. The molecule has 1 aliphatic heterocycles. The number of hydrogen-bond donors (Lipinski definition) is 2. The molecule has 10 heteroatoms. The summed E-state index contributed by atoms with van der Waals surface area (Å²) in [6.45, 7) is 2.70. The number of carbonyl (C=O) groups excluding carboxylic acids is 2. The van der Waals surface area contributed by atoms with Crippen LogP contribution < -0.4 is 10.6 Å². The summed E-state index contributed by atoms with van der Waals surface area (Å²) in [6, 6.07) is 4.34. The molecular formula is C17H17F3N4O2S. The Bertz CT molecular complexity index is 849. The number of thiazole rings is 1. The van der Waals surface area contributed by atoms with Gasteiger partial charge in [-0.1, -0.05) is 0 Å². The van der Waals surface area contributed by atoms with Gasteiger partial charge < -0.3 is 10.6 Å². The third-order valence-electron chi connectivity index (χ3n) is 3.96. The summed E-state index contributed by atoms with van der Waals surface area (Å²) in [7, 11) is 0. The van der Waals surface area contributed by atoms with Gasteiger partial charge in [0, 0.05) is 37.0 Å². The maximum Gasteiger partial charge on any atom is 0.416 e. The number of hydrogen-bond acceptors (Lipinski definition) is 5. The van der Waals surface area contributed by atoms with Gasteiger partial charge in [0.05, 0.1) is 17.8 Å². The number of rotatable bonds is 4. The van der Waals surface area contributed by atoms with Gasteiger partial charge in [-0.05, 0) is 24.3 Å². The highest BCUT2D eigenvalue weighted by atomic mass is 32.1. The fourth-order valence-electron chi connectivity index (χ4n) is 2.73. The number of amides is 2. The molecule has 0 saturated heterocycles. The number of fused-ring (bicyclic) bond motifs is 1. The molecule has 1 aromatic heterocycles. The van der Waals surface area contributed by atoms with Gasteiger partial charge in [0.1, 0.15) is 0 Å². The summed E-state index contributed by atoms with van der Waals surface area (Å²) < 4.78 is 37.7. The van der Waals surface area contributed by atoms with Crippen LogP contribution in [0.1, 0.15) is 23.1 Å². The summed E-state index contributed by atoms with van der Waals surface area (Å²) in [5.41, 5.74) is 0.476. The number of anilines is 2. The highest BCUT2D eigenvalue weighted by Crippen LogP contribution is 2.30. The fraction of sp³-hybridized carbons (Fsp3) is 0.353. The van der Waals surface area contributed by atoms with Crippen LogP contribution in [0.5, 0.6) is 0 Å². The van der Waals surface area contributed by atoms with Crippen LogP contribution in [0.15, 0.2) is 24.3 Å². The molecule has 1 aromatic carbocycles. The van der Waals surface area contributed by atoms with Crippen molar-refractivity contribution in [2.75, 3.05) is 23.7 Å². The maximum atomic E-state index is 12.6. The molecule has 0 radical (unpaired) electrons. The molecule has 6 nitrogen and oxygen atoms in total. The van der Waals surface area contributed by atoms with Crippen LogP contribution in [0.25, 0.3) is 0 Å². The van der Waals surface area contributed by atoms with Crippen LogP contribution in [0.2, 0.25) is 0 Å². The van der Waals surface area contributed by atoms with E-state index in [1.807, 2.05) is 4.90 Å². The van der Waals surface area contributed by atoms with Crippen molar-refractivity contribution in [1.29, 1.82) is 0 Å². The fourth-order valence-corrected chi connectivity index (χ4v) is 3.83. The zero-order valence-electron chi connectivity index (χ0n) is 14.4. The first kappa shape index (κ1) is 19.3. The summed E-state index contributed by atoms with van der Waals surface area (Å²) in [4.78, 5) is 30.6. The molecule has 0 atom stereocenters. The first-order valence-electron chi connectivity index (χ1n) is 8.16. The molecule has 3 rings (SSSR count). The summed E-state index contributed by atoms with van der Waals surface area (Å²) in [6.07, 6.45) is -3.74. The molecular weight excluding hydrogens is 381 g/mol. The molecule has 0 aliphatic carbocycles. The van der Waals surface area contributed by atoms with Crippen LogP contribution in [0.4, 0.5) is 24.0 Å². The van der Waals surface area contributed by atoms with Gasteiger partial charge in [-0.2, -0.15) is 13.2 Å². The average molecular weight is 398 g/mol. The number of nitrogens with zero attached hydrogens (tertiary/aromatic N) is 2. The molecule has 2 amide bonds. The van der Waals surface area contributed by atoms with Crippen molar-refractivity contribution < 1.29 is 22.8 Å². The standard InChI is InChI=1S/C17H17F3N4O2S/c1-10(25)21-16-23-13-6-7-24(8-14(13)27-16)9-15(26)22-12-4-2-11(3-5-12)17(18,19)20/h2-5H,6-9H2,1H3,(H,22,26)(H,21,23,25). The van der Waals surface area contributed by atoms with Gasteiger partial charge in [0.15, 0.2) is 5.13 Å². The summed E-state index contributed by atoms with van der Waals surface area (Å²) >= 11 is 1.38. The lowest BCUT2D eigenvalue weighted by Gasteiger charge is -2.25. The monoisotopic (exact) mass is 398 g/mol. The second-order valence-corrected chi connectivity index (χ2v) is 7.24. The van der Waals surface area contributed by atoms with Gasteiger partial charge in [-0.15, -0.1) is 11.3 Å². The topological polar surface area (TPSA) is 74.3 Å². The highest BCUT2D eigenvalue weighted by molar-refractivity contribution is 7.15. The van der Waals surface area contributed by atoms with E-state index in [-0.39, 0.29) is 18.4 Å². The van der Waals surface area contributed by atoms with Crippen molar-refractivity contribution in [2.24, 2.45) is 0 Å². The SMILES string of the molecule is CC(=O)Nc1nc2c(s1)CN(CC(=O)Nc1ccc(C(F)(F)F)cc1)CC2. The lowest BCUT2D eigenvalue weighted by molar-refractivity contribution is -0.137. The molecule has 0 fully saturated rings. The second-order valence-electron chi connectivity index (χ2n) is 6.15. The van der Waals surface area contributed by atoms with Gasteiger partial charge in [-0.3, -0.25) is 14.5 Å². The average Bonchev–Trinajstić information content (AvgIpc) is 2.95. The van der Waals surface area contributed by atoms with Crippen LogP contribution in [-0.2, 0) is 28.7 Å². The minimum atomic E-state index is -4.40.